The average Bonchev–Trinajstić information content (AvgIpc) is 2.75. The summed E-state index contributed by atoms with van der Waals surface area (Å²) in [7, 11) is 0. The lowest BCUT2D eigenvalue weighted by Crippen LogP contribution is -2.32. The van der Waals surface area contributed by atoms with Crippen molar-refractivity contribution >= 4 is 0 Å². The fraction of sp³-hybridized carbons (Fsp3) is 0.824. The van der Waals surface area contributed by atoms with E-state index in [2.05, 4.69) is 23.4 Å². The van der Waals surface area contributed by atoms with E-state index in [0.717, 1.165) is 50.4 Å². The molecule has 2 rings (SSSR count). The van der Waals surface area contributed by atoms with E-state index >= 15 is 0 Å². The predicted octanol–water partition coefficient (Wildman–Crippen LogP) is 3.95. The Kier molecular flexibility index (Phi) is 5.64. The molecule has 1 aliphatic carbocycles. The van der Waals surface area contributed by atoms with E-state index < -0.39 is 5.60 Å². The van der Waals surface area contributed by atoms with Crippen molar-refractivity contribution in [1.82, 2.24) is 9.55 Å². The van der Waals surface area contributed by atoms with Crippen LogP contribution in [-0.4, -0.2) is 20.3 Å². The number of rotatable bonds is 6. The van der Waals surface area contributed by atoms with Crippen LogP contribution in [0.5, 0.6) is 0 Å². The SMILES string of the molecule is CCCC1CCCC(O)(Cc2nccn2CCC)CC1. The molecule has 3 heteroatoms. The summed E-state index contributed by atoms with van der Waals surface area (Å²) in [6.07, 6.45) is 13.8. The standard InChI is InChI=1S/C17H30N2O/c1-3-6-15-7-5-9-17(20,10-8-15)14-16-18-11-13-19(16)12-4-2/h11,13,15,20H,3-10,12,14H2,1-2H3. The van der Waals surface area contributed by atoms with E-state index in [1.165, 1.54) is 25.7 Å². The van der Waals surface area contributed by atoms with Gasteiger partial charge in [-0.15, -0.1) is 0 Å². The Morgan fingerprint density at radius 1 is 1.30 bits per heavy atom. The molecule has 3 nitrogen and oxygen atoms in total. The lowest BCUT2D eigenvalue weighted by atomic mass is 9.89. The van der Waals surface area contributed by atoms with Crippen LogP contribution in [0.15, 0.2) is 12.4 Å². The number of hydrogen-bond acceptors (Lipinski definition) is 2. The Bertz CT molecular complexity index is 401. The molecule has 0 radical (unpaired) electrons. The van der Waals surface area contributed by atoms with Gasteiger partial charge in [-0.2, -0.15) is 0 Å². The maximum absolute atomic E-state index is 10.9. The maximum Gasteiger partial charge on any atom is 0.111 e. The van der Waals surface area contributed by atoms with Gasteiger partial charge in [0, 0.05) is 25.4 Å². The summed E-state index contributed by atoms with van der Waals surface area (Å²) in [5, 5.41) is 10.9. The van der Waals surface area contributed by atoms with Gasteiger partial charge in [0.15, 0.2) is 0 Å². The van der Waals surface area contributed by atoms with E-state index in [1.54, 1.807) is 0 Å². The van der Waals surface area contributed by atoms with E-state index in [1.807, 2.05) is 12.4 Å². The fourth-order valence-electron chi connectivity index (χ4n) is 3.58. The van der Waals surface area contributed by atoms with Crippen LogP contribution in [0.2, 0.25) is 0 Å². The van der Waals surface area contributed by atoms with Crippen molar-refractivity contribution in [2.75, 3.05) is 0 Å². The molecule has 0 spiro atoms. The van der Waals surface area contributed by atoms with Crippen molar-refractivity contribution in [3.05, 3.63) is 18.2 Å². The molecule has 0 saturated heterocycles. The third-order valence-electron chi connectivity index (χ3n) is 4.72. The zero-order chi connectivity index (χ0) is 14.4. The molecule has 1 aromatic rings. The molecular formula is C17H30N2O. The van der Waals surface area contributed by atoms with Crippen LogP contribution in [0, 0.1) is 5.92 Å². The van der Waals surface area contributed by atoms with E-state index in [9.17, 15) is 5.11 Å². The summed E-state index contributed by atoms with van der Waals surface area (Å²) in [5.41, 5.74) is -0.528. The molecule has 0 amide bonds. The highest BCUT2D eigenvalue weighted by molar-refractivity contribution is 5.00. The van der Waals surface area contributed by atoms with Gasteiger partial charge in [-0.05, 0) is 31.6 Å². The van der Waals surface area contributed by atoms with Crippen molar-refractivity contribution in [2.24, 2.45) is 5.92 Å². The quantitative estimate of drug-likeness (QED) is 0.800. The Morgan fingerprint density at radius 2 is 2.15 bits per heavy atom. The van der Waals surface area contributed by atoms with E-state index in [4.69, 9.17) is 0 Å². The third-order valence-corrected chi connectivity index (χ3v) is 4.72. The summed E-state index contributed by atoms with van der Waals surface area (Å²) in [5.74, 6) is 1.88. The summed E-state index contributed by atoms with van der Waals surface area (Å²) in [4.78, 5) is 4.46. The minimum absolute atomic E-state index is 0.528. The molecule has 0 aromatic carbocycles. The Balaban J connectivity index is 1.98. The number of aryl methyl sites for hydroxylation is 1. The second-order valence-corrected chi connectivity index (χ2v) is 6.52. The largest absolute Gasteiger partial charge is 0.389 e. The first-order chi connectivity index (χ1) is 9.67. The maximum atomic E-state index is 10.9. The van der Waals surface area contributed by atoms with Crippen molar-refractivity contribution in [3.63, 3.8) is 0 Å². The van der Waals surface area contributed by atoms with Gasteiger partial charge in [-0.3, -0.25) is 0 Å². The molecule has 114 valence electrons. The monoisotopic (exact) mass is 278 g/mol. The molecule has 1 fully saturated rings. The molecule has 1 N–H and O–H groups in total. The average molecular weight is 278 g/mol. The van der Waals surface area contributed by atoms with Crippen LogP contribution >= 0.6 is 0 Å². The van der Waals surface area contributed by atoms with E-state index in [-0.39, 0.29) is 0 Å². The molecule has 0 aliphatic heterocycles. The molecule has 20 heavy (non-hydrogen) atoms. The van der Waals surface area contributed by atoms with Crippen molar-refractivity contribution in [1.29, 1.82) is 0 Å². The Morgan fingerprint density at radius 3 is 2.90 bits per heavy atom. The second kappa shape index (κ2) is 7.26. The first kappa shape index (κ1) is 15.6. The van der Waals surface area contributed by atoms with Crippen LogP contribution in [0.4, 0.5) is 0 Å². The van der Waals surface area contributed by atoms with Crippen molar-refractivity contribution < 1.29 is 5.11 Å². The highest BCUT2D eigenvalue weighted by atomic mass is 16.3. The summed E-state index contributed by atoms with van der Waals surface area (Å²) in [6, 6.07) is 0. The van der Waals surface area contributed by atoms with Crippen LogP contribution in [0.1, 0.15) is 71.0 Å². The van der Waals surface area contributed by atoms with Gasteiger partial charge in [0.25, 0.3) is 0 Å². The molecule has 1 aliphatic rings. The lowest BCUT2D eigenvalue weighted by molar-refractivity contribution is 0.0214. The predicted molar refractivity (Wildman–Crippen MR) is 82.7 cm³/mol. The number of hydrogen-bond donors (Lipinski definition) is 1. The first-order valence-electron chi connectivity index (χ1n) is 8.39. The second-order valence-electron chi connectivity index (χ2n) is 6.52. The van der Waals surface area contributed by atoms with Crippen LogP contribution in [0.3, 0.4) is 0 Å². The molecule has 0 bridgehead atoms. The first-order valence-corrected chi connectivity index (χ1v) is 8.39. The summed E-state index contributed by atoms with van der Waals surface area (Å²) >= 11 is 0. The topological polar surface area (TPSA) is 38.1 Å². The highest BCUT2D eigenvalue weighted by Gasteiger charge is 2.32. The van der Waals surface area contributed by atoms with Crippen LogP contribution in [0.25, 0.3) is 0 Å². The number of imidazole rings is 1. The molecule has 2 unspecified atom stereocenters. The van der Waals surface area contributed by atoms with Gasteiger partial charge in [0.05, 0.1) is 5.60 Å². The molecule has 1 saturated carbocycles. The molecule has 2 atom stereocenters. The zero-order valence-corrected chi connectivity index (χ0v) is 13.1. The lowest BCUT2D eigenvalue weighted by Gasteiger charge is -2.26. The van der Waals surface area contributed by atoms with Crippen molar-refractivity contribution in [3.8, 4) is 0 Å². The van der Waals surface area contributed by atoms with Gasteiger partial charge < -0.3 is 9.67 Å². The number of aromatic nitrogens is 2. The Labute approximate surface area is 123 Å². The van der Waals surface area contributed by atoms with E-state index in [0.29, 0.717) is 0 Å². The smallest absolute Gasteiger partial charge is 0.111 e. The number of nitrogens with zero attached hydrogens (tertiary/aromatic N) is 2. The number of aliphatic hydroxyl groups is 1. The molecular weight excluding hydrogens is 248 g/mol. The highest BCUT2D eigenvalue weighted by Crippen LogP contribution is 2.34. The van der Waals surface area contributed by atoms with Crippen LogP contribution in [-0.2, 0) is 13.0 Å². The third kappa shape index (κ3) is 4.08. The van der Waals surface area contributed by atoms with Gasteiger partial charge in [-0.25, -0.2) is 4.98 Å². The minimum Gasteiger partial charge on any atom is -0.389 e. The van der Waals surface area contributed by atoms with Gasteiger partial charge in [0.1, 0.15) is 5.82 Å². The molecule has 1 heterocycles. The van der Waals surface area contributed by atoms with Gasteiger partial charge in [0.2, 0.25) is 0 Å². The van der Waals surface area contributed by atoms with Gasteiger partial charge in [-0.1, -0.05) is 39.5 Å². The summed E-state index contributed by atoms with van der Waals surface area (Å²) in [6.45, 7) is 5.45. The van der Waals surface area contributed by atoms with Gasteiger partial charge >= 0.3 is 0 Å². The Hall–Kier alpha value is -0.830. The minimum atomic E-state index is -0.528. The molecule has 1 aromatic heterocycles. The fourth-order valence-corrected chi connectivity index (χ4v) is 3.58. The summed E-state index contributed by atoms with van der Waals surface area (Å²) < 4.78 is 2.20. The van der Waals surface area contributed by atoms with Crippen molar-refractivity contribution in [2.45, 2.75) is 83.8 Å². The van der Waals surface area contributed by atoms with Crippen LogP contribution < -0.4 is 0 Å². The normalized spacial score (nSPS) is 27.4. The zero-order valence-electron chi connectivity index (χ0n) is 13.1.